The molecule has 10 nitrogen and oxygen atoms in total. The number of esters is 2. The van der Waals surface area contributed by atoms with E-state index in [1.54, 1.807) is 60.7 Å². The maximum Gasteiger partial charge on any atom is 0.338 e. The number of aliphatic hydroxyl groups is 2. The second-order valence-corrected chi connectivity index (χ2v) is 19.4. The molecule has 7 fully saturated rings. The van der Waals surface area contributed by atoms with Crippen LogP contribution in [-0.2, 0) is 28.4 Å². The fraction of sp³-hybridized carbons (Fsp3) is 0.702. The van der Waals surface area contributed by atoms with Crippen molar-refractivity contribution in [1.29, 1.82) is 0 Å². The summed E-state index contributed by atoms with van der Waals surface area (Å²) in [6, 6.07) is 17.0. The van der Waals surface area contributed by atoms with Gasteiger partial charge < -0.3 is 38.6 Å². The molecule has 2 aromatic carbocycles. The fourth-order valence-electron chi connectivity index (χ4n) is 13.5. The lowest BCUT2D eigenvalue weighted by Gasteiger charge is -2.61. The van der Waals surface area contributed by atoms with E-state index in [9.17, 15) is 19.8 Å². The average Bonchev–Trinajstić information content (AvgIpc) is 3.67. The smallest absolute Gasteiger partial charge is 0.338 e. The van der Waals surface area contributed by atoms with Gasteiger partial charge in [0.2, 0.25) is 0 Å². The fourth-order valence-corrected chi connectivity index (χ4v) is 13.5. The van der Waals surface area contributed by atoms with Crippen molar-refractivity contribution in [2.45, 2.75) is 141 Å². The van der Waals surface area contributed by atoms with Crippen LogP contribution >= 0.6 is 0 Å². The van der Waals surface area contributed by atoms with Crippen LogP contribution in [0.3, 0.4) is 0 Å². The van der Waals surface area contributed by atoms with Gasteiger partial charge in [-0.1, -0.05) is 64.1 Å². The van der Waals surface area contributed by atoms with Crippen LogP contribution in [0.25, 0.3) is 0 Å². The number of benzene rings is 2. The van der Waals surface area contributed by atoms with Gasteiger partial charge in [-0.05, 0) is 128 Å². The van der Waals surface area contributed by atoms with E-state index in [0.717, 1.165) is 45.1 Å². The van der Waals surface area contributed by atoms with Gasteiger partial charge in [-0.15, -0.1) is 0 Å². The summed E-state index contributed by atoms with van der Waals surface area (Å²) >= 11 is 0. The summed E-state index contributed by atoms with van der Waals surface area (Å²) in [5.41, 5.74) is 1.04. The summed E-state index contributed by atoms with van der Waals surface area (Å²) in [5, 5.41) is 21.7. The van der Waals surface area contributed by atoms with Crippen LogP contribution in [0.1, 0.15) is 113 Å². The number of carbonyl (C=O) groups excluding carboxylic acids is 2. The first kappa shape index (κ1) is 39.6. The van der Waals surface area contributed by atoms with Gasteiger partial charge in [0.15, 0.2) is 24.3 Å². The Kier molecular flexibility index (Phi) is 10.6. The molecule has 3 saturated heterocycles. The van der Waals surface area contributed by atoms with Gasteiger partial charge in [0.25, 0.3) is 0 Å². The first-order valence-corrected chi connectivity index (χ1v) is 21.9. The van der Waals surface area contributed by atoms with E-state index in [1.807, 2.05) is 0 Å². The molecule has 4 aliphatic carbocycles. The van der Waals surface area contributed by atoms with Crippen molar-refractivity contribution >= 4 is 11.9 Å². The molecule has 7 aliphatic rings. The molecule has 10 heteroatoms. The molecule has 0 radical (unpaired) electrons. The van der Waals surface area contributed by atoms with Crippen LogP contribution in [0.2, 0.25) is 0 Å². The highest BCUT2D eigenvalue weighted by molar-refractivity contribution is 5.90. The summed E-state index contributed by atoms with van der Waals surface area (Å²) in [4.78, 5) is 26.9. The summed E-state index contributed by atoms with van der Waals surface area (Å²) < 4.78 is 38.5. The highest BCUT2D eigenvalue weighted by Gasteiger charge is 2.69. The molecule has 0 bridgehead atoms. The quantitative estimate of drug-likeness (QED) is 0.217. The molecule has 57 heavy (non-hydrogen) atoms. The number of carbonyl (C=O) groups is 2. The van der Waals surface area contributed by atoms with E-state index < -0.39 is 55.0 Å². The van der Waals surface area contributed by atoms with Gasteiger partial charge in [-0.3, -0.25) is 0 Å². The number of rotatable bonds is 7. The molecule has 0 amide bonds. The second-order valence-electron chi connectivity index (χ2n) is 19.4. The topological polar surface area (TPSA) is 130 Å². The van der Waals surface area contributed by atoms with E-state index in [1.165, 1.54) is 25.7 Å². The van der Waals surface area contributed by atoms with Gasteiger partial charge in [-0.25, -0.2) is 9.59 Å². The molecule has 2 aromatic rings. The van der Waals surface area contributed by atoms with Gasteiger partial charge in [0, 0.05) is 12.3 Å². The number of fused-ring (bicyclic) bond motifs is 7. The van der Waals surface area contributed by atoms with E-state index in [-0.39, 0.29) is 28.6 Å². The first-order valence-electron chi connectivity index (χ1n) is 21.9. The third-order valence-electron chi connectivity index (χ3n) is 16.5. The molecule has 0 aromatic heterocycles. The Bertz CT molecular complexity index is 1750. The highest BCUT2D eigenvalue weighted by atomic mass is 16.7. The molecule has 9 rings (SSSR count). The predicted octanol–water partition coefficient (Wildman–Crippen LogP) is 7.35. The lowest BCUT2D eigenvalue weighted by molar-refractivity contribution is -0.314. The van der Waals surface area contributed by atoms with Crippen LogP contribution < -0.4 is 0 Å². The van der Waals surface area contributed by atoms with Crippen LogP contribution in [0.5, 0.6) is 0 Å². The lowest BCUT2D eigenvalue weighted by atomic mass is 9.44. The highest BCUT2D eigenvalue weighted by Crippen LogP contribution is 2.71. The van der Waals surface area contributed by atoms with Crippen molar-refractivity contribution in [3.8, 4) is 0 Å². The summed E-state index contributed by atoms with van der Waals surface area (Å²) in [6.07, 6.45) is 4.52. The lowest BCUT2D eigenvalue weighted by Crippen LogP contribution is -2.62. The standard InChI is InChI=1S/C47H62O10/c1-27-17-22-47(52-26-27)28(2)38-36(57-47)24-35-33-16-15-31-23-32(18-20-45(31,3)34(33)19-21-46(35,38)4)53-44-41(56-43(51)30-13-9-6-10-14-30)40(39(49)37(25-48)54-44)55-42(50)29-11-7-5-8-12-29/h5-14,27-28,31-41,44,48-49H,15-26H2,1-4H3/t27-,28+,31?,32+,33-,34+,35+,36+,37-,38+,39-,40+,41-,44-,45+,46+,47-/m1/s1. The molecule has 310 valence electrons. The van der Waals surface area contributed by atoms with E-state index in [4.69, 9.17) is 28.4 Å². The number of aliphatic hydroxyl groups excluding tert-OH is 2. The maximum atomic E-state index is 13.5. The van der Waals surface area contributed by atoms with Gasteiger partial charge in [0.05, 0.1) is 36.5 Å². The largest absolute Gasteiger partial charge is 0.452 e. The van der Waals surface area contributed by atoms with Crippen LogP contribution in [0.4, 0.5) is 0 Å². The zero-order valence-corrected chi connectivity index (χ0v) is 34.0. The zero-order valence-electron chi connectivity index (χ0n) is 34.0. The number of ether oxygens (including phenoxy) is 6. The Morgan fingerprint density at radius 2 is 1.46 bits per heavy atom. The molecular formula is C47H62O10. The van der Waals surface area contributed by atoms with E-state index >= 15 is 0 Å². The molecule has 4 saturated carbocycles. The summed E-state index contributed by atoms with van der Waals surface area (Å²) in [5.74, 6) is 2.27. The summed E-state index contributed by atoms with van der Waals surface area (Å²) in [6.45, 7) is 10.1. The van der Waals surface area contributed by atoms with Crippen LogP contribution in [-0.4, -0.2) is 84.1 Å². The van der Waals surface area contributed by atoms with Gasteiger partial charge >= 0.3 is 11.9 Å². The molecular weight excluding hydrogens is 725 g/mol. The Morgan fingerprint density at radius 3 is 2.11 bits per heavy atom. The van der Waals surface area contributed by atoms with Crippen molar-refractivity contribution < 1.29 is 48.2 Å². The molecule has 1 unspecified atom stereocenters. The van der Waals surface area contributed by atoms with Crippen molar-refractivity contribution in [2.75, 3.05) is 13.2 Å². The monoisotopic (exact) mass is 786 g/mol. The van der Waals surface area contributed by atoms with Crippen LogP contribution in [0, 0.1) is 52.3 Å². The van der Waals surface area contributed by atoms with E-state index in [0.29, 0.717) is 47.0 Å². The second kappa shape index (κ2) is 15.3. The van der Waals surface area contributed by atoms with Crippen LogP contribution in [0.15, 0.2) is 60.7 Å². The Labute approximate surface area is 337 Å². The normalized spacial score (nSPS) is 46.3. The molecule has 3 aliphatic heterocycles. The average molecular weight is 787 g/mol. The first-order chi connectivity index (χ1) is 27.4. The third kappa shape index (κ3) is 6.78. The molecule has 1 spiro atoms. The Hall–Kier alpha value is -2.86. The predicted molar refractivity (Wildman–Crippen MR) is 210 cm³/mol. The zero-order chi connectivity index (χ0) is 39.7. The van der Waals surface area contributed by atoms with Crippen molar-refractivity contribution in [1.82, 2.24) is 0 Å². The van der Waals surface area contributed by atoms with Gasteiger partial charge in [0.1, 0.15) is 12.2 Å². The maximum absolute atomic E-state index is 13.5. The Balaban J connectivity index is 0.909. The minimum absolute atomic E-state index is 0.183. The van der Waals surface area contributed by atoms with Gasteiger partial charge in [-0.2, -0.15) is 0 Å². The molecule has 3 heterocycles. The van der Waals surface area contributed by atoms with Crippen molar-refractivity contribution in [2.24, 2.45) is 52.3 Å². The van der Waals surface area contributed by atoms with E-state index in [2.05, 4.69) is 27.7 Å². The number of hydrogen-bond donors (Lipinski definition) is 2. The third-order valence-corrected chi connectivity index (χ3v) is 16.5. The van der Waals surface area contributed by atoms with Crippen molar-refractivity contribution in [3.63, 3.8) is 0 Å². The number of hydrogen-bond acceptors (Lipinski definition) is 10. The Morgan fingerprint density at radius 1 is 0.789 bits per heavy atom. The molecule has 17 atom stereocenters. The SMILES string of the molecule is C[C@@H]1CC[C@@]2(OC1)O[C@H]1C[C@H]3[C@@H]4CCC5C[C@@H](O[C@@H]6O[C@H](CO)[C@@H](O)[C@H](OC(=O)c7ccccc7)[C@H]6OC(=O)c6ccccc6)CC[C@]5(C)[C@H]4CC[C@]3(C)[C@H]1[C@@H]2C. The molecule has 2 N–H and O–H groups in total. The summed E-state index contributed by atoms with van der Waals surface area (Å²) in [7, 11) is 0. The van der Waals surface area contributed by atoms with Crippen molar-refractivity contribution in [3.05, 3.63) is 71.8 Å². The minimum atomic E-state index is -1.47. The minimum Gasteiger partial charge on any atom is -0.452 e.